The molecule has 0 aromatic heterocycles. The summed E-state index contributed by atoms with van der Waals surface area (Å²) in [5, 5.41) is 0.725. The van der Waals surface area contributed by atoms with Crippen molar-refractivity contribution < 1.29 is 13.2 Å². The minimum absolute atomic E-state index is 0.00176. The number of rotatable bonds is 1. The molecular weight excluding hydrogens is 248 g/mol. The highest BCUT2D eigenvalue weighted by atomic mass is 32.2. The van der Waals surface area contributed by atoms with Gasteiger partial charge in [-0.1, -0.05) is 11.8 Å². The molecule has 16 heavy (non-hydrogen) atoms. The molecule has 0 radical (unpaired) electrons. The van der Waals surface area contributed by atoms with Crippen LogP contribution in [-0.2, 0) is 14.6 Å². The second-order valence-corrected chi connectivity index (χ2v) is 7.36. The van der Waals surface area contributed by atoms with Crippen LogP contribution < -0.4 is 0 Å². The van der Waals surface area contributed by atoms with Crippen LogP contribution in [0.2, 0.25) is 0 Å². The van der Waals surface area contributed by atoms with Crippen LogP contribution in [0.3, 0.4) is 0 Å². The SMILES string of the molecule is CCN1C(=NC(C)=O)S[C@@H]2CS(=O)(=O)C[C@@H]21. The lowest BCUT2D eigenvalue weighted by molar-refractivity contribution is -0.115. The number of aliphatic imine (C=N–C) groups is 1. The molecule has 5 nitrogen and oxygen atoms in total. The minimum Gasteiger partial charge on any atom is -0.346 e. The van der Waals surface area contributed by atoms with Gasteiger partial charge in [0.1, 0.15) is 0 Å². The van der Waals surface area contributed by atoms with Gasteiger partial charge in [0.05, 0.1) is 17.5 Å². The fraction of sp³-hybridized carbons (Fsp3) is 0.778. The molecule has 0 aromatic carbocycles. The first-order valence-electron chi connectivity index (χ1n) is 5.16. The zero-order chi connectivity index (χ0) is 11.9. The largest absolute Gasteiger partial charge is 0.346 e. The number of carbonyl (C=O) groups excluding carboxylic acids is 1. The number of amidine groups is 1. The molecule has 0 N–H and O–H groups in total. The van der Waals surface area contributed by atoms with Crippen molar-refractivity contribution in [2.45, 2.75) is 25.1 Å². The Bertz CT molecular complexity index is 444. The van der Waals surface area contributed by atoms with E-state index in [2.05, 4.69) is 4.99 Å². The van der Waals surface area contributed by atoms with Crippen LogP contribution in [0.25, 0.3) is 0 Å². The van der Waals surface area contributed by atoms with Gasteiger partial charge in [-0.15, -0.1) is 0 Å². The Kier molecular flexibility index (Phi) is 3.00. The third-order valence-corrected chi connectivity index (χ3v) is 6.02. The van der Waals surface area contributed by atoms with E-state index in [1.54, 1.807) is 0 Å². The Balaban J connectivity index is 2.25. The van der Waals surface area contributed by atoms with Gasteiger partial charge in [0.15, 0.2) is 15.0 Å². The van der Waals surface area contributed by atoms with Crippen LogP contribution in [0.4, 0.5) is 0 Å². The van der Waals surface area contributed by atoms with E-state index < -0.39 is 9.84 Å². The number of sulfone groups is 1. The fourth-order valence-electron chi connectivity index (χ4n) is 2.14. The van der Waals surface area contributed by atoms with Crippen LogP contribution in [-0.4, -0.2) is 53.7 Å². The molecule has 0 saturated carbocycles. The average Bonchev–Trinajstić information content (AvgIpc) is 2.54. The van der Waals surface area contributed by atoms with Crippen molar-refractivity contribution in [1.29, 1.82) is 0 Å². The van der Waals surface area contributed by atoms with E-state index in [0.717, 1.165) is 0 Å². The van der Waals surface area contributed by atoms with Crippen LogP contribution in [0, 0.1) is 0 Å². The molecule has 2 fully saturated rings. The Morgan fingerprint density at radius 3 is 2.81 bits per heavy atom. The molecule has 2 heterocycles. The predicted molar refractivity (Wildman–Crippen MR) is 64.3 cm³/mol. The average molecular weight is 262 g/mol. The van der Waals surface area contributed by atoms with Gasteiger partial charge in [-0.05, 0) is 6.92 Å². The maximum absolute atomic E-state index is 11.5. The van der Waals surface area contributed by atoms with Crippen molar-refractivity contribution in [2.75, 3.05) is 18.1 Å². The number of nitrogens with zero attached hydrogens (tertiary/aromatic N) is 2. The maximum atomic E-state index is 11.5. The van der Waals surface area contributed by atoms with Gasteiger partial charge in [0.2, 0.25) is 5.91 Å². The summed E-state index contributed by atoms with van der Waals surface area (Å²) in [7, 11) is -2.90. The standard InChI is InChI=1S/C9H14N2O3S2/c1-3-11-7-4-16(13,14)5-8(7)15-9(11)10-6(2)12/h7-8H,3-5H2,1-2H3/t7-,8+/m0/s1. The van der Waals surface area contributed by atoms with Gasteiger partial charge in [0.25, 0.3) is 0 Å². The predicted octanol–water partition coefficient (Wildman–Crippen LogP) is 0.123. The van der Waals surface area contributed by atoms with Gasteiger partial charge >= 0.3 is 0 Å². The Labute approximate surface area is 99.2 Å². The number of fused-ring (bicyclic) bond motifs is 1. The summed E-state index contributed by atoms with van der Waals surface area (Å²) in [6.07, 6.45) is 0. The molecule has 2 rings (SSSR count). The van der Waals surface area contributed by atoms with Gasteiger partial charge in [-0.25, -0.2) is 8.42 Å². The monoisotopic (exact) mass is 262 g/mol. The lowest BCUT2D eigenvalue weighted by Gasteiger charge is -2.21. The summed E-state index contributed by atoms with van der Waals surface area (Å²) in [6, 6.07) is -0.00176. The van der Waals surface area contributed by atoms with Crippen LogP contribution in [0.5, 0.6) is 0 Å². The molecule has 90 valence electrons. The highest BCUT2D eigenvalue weighted by molar-refractivity contribution is 8.15. The van der Waals surface area contributed by atoms with Crippen molar-refractivity contribution in [1.82, 2.24) is 4.90 Å². The van der Waals surface area contributed by atoms with Crippen LogP contribution in [0.1, 0.15) is 13.8 Å². The molecule has 7 heteroatoms. The van der Waals surface area contributed by atoms with Crippen LogP contribution >= 0.6 is 11.8 Å². The van der Waals surface area contributed by atoms with Gasteiger partial charge < -0.3 is 4.90 Å². The summed E-state index contributed by atoms with van der Waals surface area (Å²) in [5.41, 5.74) is 0. The second-order valence-electron chi connectivity index (χ2n) is 4.00. The first-order chi connectivity index (χ1) is 7.43. The molecule has 0 aromatic rings. The zero-order valence-corrected chi connectivity index (χ0v) is 10.8. The molecule has 0 aliphatic carbocycles. The second kappa shape index (κ2) is 4.03. The summed E-state index contributed by atoms with van der Waals surface area (Å²) in [4.78, 5) is 16.8. The molecular formula is C9H14N2O3S2. The minimum atomic E-state index is -2.90. The number of carbonyl (C=O) groups is 1. The lowest BCUT2D eigenvalue weighted by atomic mass is 10.2. The van der Waals surface area contributed by atoms with Gasteiger partial charge in [-0.2, -0.15) is 4.99 Å². The van der Waals surface area contributed by atoms with E-state index >= 15 is 0 Å². The molecule has 2 aliphatic rings. The van der Waals surface area contributed by atoms with Crippen molar-refractivity contribution >= 4 is 32.7 Å². The molecule has 0 unspecified atom stereocenters. The number of thioether (sulfide) groups is 1. The van der Waals surface area contributed by atoms with Gasteiger partial charge in [0, 0.05) is 18.7 Å². The van der Waals surface area contributed by atoms with E-state index in [1.807, 2.05) is 11.8 Å². The summed E-state index contributed by atoms with van der Waals surface area (Å²) in [6.45, 7) is 4.05. The first-order valence-corrected chi connectivity index (χ1v) is 7.86. The highest BCUT2D eigenvalue weighted by Gasteiger charge is 2.48. The fourth-order valence-corrected chi connectivity index (χ4v) is 6.20. The summed E-state index contributed by atoms with van der Waals surface area (Å²) < 4.78 is 23.0. The third kappa shape index (κ3) is 2.10. The summed E-state index contributed by atoms with van der Waals surface area (Å²) >= 11 is 1.42. The van der Waals surface area contributed by atoms with Crippen molar-refractivity contribution in [2.24, 2.45) is 4.99 Å². The number of hydrogen-bond acceptors (Lipinski definition) is 4. The molecule has 1 amide bonds. The highest BCUT2D eigenvalue weighted by Crippen LogP contribution is 2.37. The third-order valence-electron chi connectivity index (χ3n) is 2.77. The van der Waals surface area contributed by atoms with Crippen molar-refractivity contribution in [3.8, 4) is 0 Å². The van der Waals surface area contributed by atoms with E-state index in [9.17, 15) is 13.2 Å². The maximum Gasteiger partial charge on any atom is 0.244 e. The van der Waals surface area contributed by atoms with Gasteiger partial charge in [-0.3, -0.25) is 4.79 Å². The lowest BCUT2D eigenvalue weighted by Crippen LogP contribution is -2.37. The zero-order valence-electron chi connectivity index (χ0n) is 9.21. The first kappa shape index (κ1) is 11.9. The normalized spacial score (nSPS) is 34.4. The number of hydrogen-bond donors (Lipinski definition) is 0. The molecule has 0 bridgehead atoms. The Hall–Kier alpha value is -0.560. The smallest absolute Gasteiger partial charge is 0.244 e. The molecule has 2 atom stereocenters. The number of amides is 1. The Morgan fingerprint density at radius 2 is 2.25 bits per heavy atom. The van der Waals surface area contributed by atoms with Crippen molar-refractivity contribution in [3.63, 3.8) is 0 Å². The Morgan fingerprint density at radius 1 is 1.56 bits per heavy atom. The quantitative estimate of drug-likeness (QED) is 0.671. The summed E-state index contributed by atoms with van der Waals surface area (Å²) in [5.74, 6) is 0.161. The van der Waals surface area contributed by atoms with E-state index in [1.165, 1.54) is 18.7 Å². The van der Waals surface area contributed by atoms with E-state index in [-0.39, 0.29) is 28.7 Å². The van der Waals surface area contributed by atoms with E-state index in [4.69, 9.17) is 0 Å². The molecule has 2 saturated heterocycles. The molecule has 0 spiro atoms. The molecule has 2 aliphatic heterocycles. The van der Waals surface area contributed by atoms with Crippen molar-refractivity contribution in [3.05, 3.63) is 0 Å². The van der Waals surface area contributed by atoms with E-state index in [0.29, 0.717) is 11.7 Å². The topological polar surface area (TPSA) is 66.8 Å². The van der Waals surface area contributed by atoms with Crippen LogP contribution in [0.15, 0.2) is 4.99 Å².